The van der Waals surface area contributed by atoms with Gasteiger partial charge in [0.25, 0.3) is 0 Å². The van der Waals surface area contributed by atoms with Crippen molar-refractivity contribution in [1.29, 1.82) is 0 Å². The zero-order chi connectivity index (χ0) is 13.1. The maximum Gasteiger partial charge on any atom is 0.228 e. The van der Waals surface area contributed by atoms with Gasteiger partial charge in [0.15, 0.2) is 11.6 Å². The number of piperidine rings is 1. The number of furan rings is 1. The number of rotatable bonds is 3. The summed E-state index contributed by atoms with van der Waals surface area (Å²) in [6, 6.07) is 12.9. The van der Waals surface area contributed by atoms with Crippen LogP contribution in [0.25, 0.3) is 0 Å². The van der Waals surface area contributed by atoms with Crippen molar-refractivity contribution in [3.8, 4) is 0 Å². The van der Waals surface area contributed by atoms with Gasteiger partial charge in [-0.1, -0.05) is 30.3 Å². The fourth-order valence-corrected chi connectivity index (χ4v) is 2.47. The monoisotopic (exact) mass is 255 g/mol. The minimum Gasteiger partial charge on any atom is -0.437 e. The largest absolute Gasteiger partial charge is 0.437 e. The molecule has 0 bridgehead atoms. The van der Waals surface area contributed by atoms with Crippen molar-refractivity contribution in [2.75, 3.05) is 18.0 Å². The van der Waals surface area contributed by atoms with Crippen molar-refractivity contribution in [1.82, 2.24) is 0 Å². The summed E-state index contributed by atoms with van der Waals surface area (Å²) in [5.74, 6) is 1.19. The van der Waals surface area contributed by atoms with Crippen LogP contribution >= 0.6 is 0 Å². The molecule has 2 aromatic rings. The van der Waals surface area contributed by atoms with Gasteiger partial charge in [0.1, 0.15) is 0 Å². The molecule has 0 radical (unpaired) electrons. The summed E-state index contributed by atoms with van der Waals surface area (Å²) in [5, 5.41) is 0. The van der Waals surface area contributed by atoms with E-state index in [0.29, 0.717) is 11.3 Å². The summed E-state index contributed by atoms with van der Waals surface area (Å²) in [5.41, 5.74) is 0.669. The van der Waals surface area contributed by atoms with Crippen LogP contribution in [0.1, 0.15) is 35.4 Å². The number of nitrogens with zero attached hydrogens (tertiary/aromatic N) is 1. The summed E-state index contributed by atoms with van der Waals surface area (Å²) in [7, 11) is 0. The molecular formula is C16H17NO2. The third-order valence-electron chi connectivity index (χ3n) is 3.52. The standard InChI is InChI=1S/C16H17NO2/c18-16(13-7-3-1-4-8-13)14-9-10-15(19-14)17-11-5-2-6-12-17/h1,3-4,7-10H,2,5-6,11-12H2. The summed E-state index contributed by atoms with van der Waals surface area (Å²) in [6.07, 6.45) is 3.68. The van der Waals surface area contributed by atoms with Crippen LogP contribution < -0.4 is 4.90 Å². The lowest BCUT2D eigenvalue weighted by atomic mass is 10.1. The lowest BCUT2D eigenvalue weighted by Crippen LogP contribution is -2.28. The van der Waals surface area contributed by atoms with Gasteiger partial charge in [0.05, 0.1) is 0 Å². The Kier molecular flexibility index (Phi) is 3.36. The highest BCUT2D eigenvalue weighted by Crippen LogP contribution is 2.23. The summed E-state index contributed by atoms with van der Waals surface area (Å²) in [6.45, 7) is 2.04. The van der Waals surface area contributed by atoms with Crippen LogP contribution in [-0.2, 0) is 0 Å². The Morgan fingerprint density at radius 3 is 2.42 bits per heavy atom. The number of anilines is 1. The van der Waals surface area contributed by atoms with Crippen molar-refractivity contribution >= 4 is 11.7 Å². The van der Waals surface area contributed by atoms with Gasteiger partial charge in [0.2, 0.25) is 5.78 Å². The summed E-state index contributed by atoms with van der Waals surface area (Å²) >= 11 is 0. The Morgan fingerprint density at radius 2 is 1.68 bits per heavy atom. The Balaban J connectivity index is 1.79. The Hall–Kier alpha value is -2.03. The number of carbonyl (C=O) groups is 1. The van der Waals surface area contributed by atoms with E-state index in [1.165, 1.54) is 19.3 Å². The highest BCUT2D eigenvalue weighted by molar-refractivity contribution is 6.07. The van der Waals surface area contributed by atoms with Gasteiger partial charge in [-0.15, -0.1) is 0 Å². The van der Waals surface area contributed by atoms with E-state index in [9.17, 15) is 4.79 Å². The van der Waals surface area contributed by atoms with Gasteiger partial charge in [0, 0.05) is 24.7 Å². The maximum atomic E-state index is 12.2. The minimum atomic E-state index is -0.0520. The van der Waals surface area contributed by atoms with E-state index in [4.69, 9.17) is 4.42 Å². The fraction of sp³-hybridized carbons (Fsp3) is 0.312. The van der Waals surface area contributed by atoms with Crippen LogP contribution in [0.2, 0.25) is 0 Å². The lowest BCUT2D eigenvalue weighted by Gasteiger charge is -2.25. The first-order valence-electron chi connectivity index (χ1n) is 6.79. The molecule has 3 nitrogen and oxygen atoms in total. The second-order valence-corrected chi connectivity index (χ2v) is 4.88. The van der Waals surface area contributed by atoms with Crippen LogP contribution in [-0.4, -0.2) is 18.9 Å². The second kappa shape index (κ2) is 5.31. The molecule has 1 aromatic carbocycles. The first-order chi connectivity index (χ1) is 9.34. The normalized spacial score (nSPS) is 15.5. The van der Waals surface area contributed by atoms with E-state index in [1.807, 2.05) is 36.4 Å². The van der Waals surface area contributed by atoms with Crippen LogP contribution in [0.4, 0.5) is 5.88 Å². The third kappa shape index (κ3) is 2.55. The first-order valence-corrected chi connectivity index (χ1v) is 6.79. The molecule has 0 saturated carbocycles. The predicted octanol–water partition coefficient (Wildman–Crippen LogP) is 3.50. The van der Waals surface area contributed by atoms with Gasteiger partial charge < -0.3 is 9.32 Å². The Bertz CT molecular complexity index is 553. The van der Waals surface area contributed by atoms with E-state index >= 15 is 0 Å². The van der Waals surface area contributed by atoms with Crippen molar-refractivity contribution in [2.24, 2.45) is 0 Å². The molecule has 3 rings (SSSR count). The van der Waals surface area contributed by atoms with E-state index in [0.717, 1.165) is 19.0 Å². The van der Waals surface area contributed by atoms with Gasteiger partial charge >= 0.3 is 0 Å². The number of hydrogen-bond acceptors (Lipinski definition) is 3. The number of ketones is 1. The van der Waals surface area contributed by atoms with Gasteiger partial charge in [-0.2, -0.15) is 0 Å². The molecule has 0 unspecified atom stereocenters. The molecule has 0 aliphatic carbocycles. The van der Waals surface area contributed by atoms with E-state index in [2.05, 4.69) is 4.90 Å². The lowest BCUT2D eigenvalue weighted by molar-refractivity contribution is 0.101. The molecule has 0 N–H and O–H groups in total. The molecule has 1 fully saturated rings. The maximum absolute atomic E-state index is 12.2. The Labute approximate surface area is 112 Å². The minimum absolute atomic E-state index is 0.0520. The molecule has 0 spiro atoms. The zero-order valence-electron chi connectivity index (χ0n) is 10.8. The quantitative estimate of drug-likeness (QED) is 0.787. The average molecular weight is 255 g/mol. The molecule has 0 atom stereocenters. The molecule has 1 aromatic heterocycles. The smallest absolute Gasteiger partial charge is 0.228 e. The van der Waals surface area contributed by atoms with Gasteiger partial charge in [-0.05, 0) is 25.3 Å². The van der Waals surface area contributed by atoms with E-state index in [-0.39, 0.29) is 5.78 Å². The van der Waals surface area contributed by atoms with Crippen LogP contribution in [0.3, 0.4) is 0 Å². The molecule has 0 amide bonds. The number of carbonyl (C=O) groups excluding carboxylic acids is 1. The molecular weight excluding hydrogens is 238 g/mol. The summed E-state index contributed by atoms with van der Waals surface area (Å²) < 4.78 is 5.72. The molecule has 98 valence electrons. The third-order valence-corrected chi connectivity index (χ3v) is 3.52. The topological polar surface area (TPSA) is 33.5 Å². The molecule has 1 saturated heterocycles. The van der Waals surface area contributed by atoms with Crippen molar-refractivity contribution < 1.29 is 9.21 Å². The molecule has 19 heavy (non-hydrogen) atoms. The first kappa shape index (κ1) is 12.0. The molecule has 1 aliphatic rings. The second-order valence-electron chi connectivity index (χ2n) is 4.88. The van der Waals surface area contributed by atoms with Crippen molar-refractivity contribution in [2.45, 2.75) is 19.3 Å². The zero-order valence-corrected chi connectivity index (χ0v) is 10.8. The number of hydrogen-bond donors (Lipinski definition) is 0. The molecule has 1 aliphatic heterocycles. The van der Waals surface area contributed by atoms with Crippen LogP contribution in [0, 0.1) is 0 Å². The average Bonchev–Trinajstić information content (AvgIpc) is 2.98. The highest BCUT2D eigenvalue weighted by atomic mass is 16.4. The SMILES string of the molecule is O=C(c1ccccc1)c1ccc(N2CCCCC2)o1. The van der Waals surface area contributed by atoms with Gasteiger partial charge in [-0.25, -0.2) is 0 Å². The van der Waals surface area contributed by atoms with Crippen molar-refractivity contribution in [3.63, 3.8) is 0 Å². The fourth-order valence-electron chi connectivity index (χ4n) is 2.47. The van der Waals surface area contributed by atoms with Gasteiger partial charge in [-0.3, -0.25) is 4.79 Å². The molecule has 2 heterocycles. The number of benzene rings is 1. The van der Waals surface area contributed by atoms with E-state index in [1.54, 1.807) is 6.07 Å². The van der Waals surface area contributed by atoms with Crippen molar-refractivity contribution in [3.05, 3.63) is 53.8 Å². The summed E-state index contributed by atoms with van der Waals surface area (Å²) in [4.78, 5) is 14.4. The predicted molar refractivity (Wildman–Crippen MR) is 74.6 cm³/mol. The van der Waals surface area contributed by atoms with E-state index < -0.39 is 0 Å². The highest BCUT2D eigenvalue weighted by Gasteiger charge is 2.18. The molecule has 3 heteroatoms. The van der Waals surface area contributed by atoms with Crippen LogP contribution in [0.15, 0.2) is 46.9 Å². The Morgan fingerprint density at radius 1 is 0.947 bits per heavy atom. The van der Waals surface area contributed by atoms with Crippen LogP contribution in [0.5, 0.6) is 0 Å².